The van der Waals surface area contributed by atoms with E-state index in [-0.39, 0.29) is 17.5 Å². The van der Waals surface area contributed by atoms with Crippen LogP contribution in [0.15, 0.2) is 53.5 Å². The molecule has 1 amide bonds. The molecule has 2 aliphatic rings. The third-order valence-corrected chi connectivity index (χ3v) is 8.30. The Balaban J connectivity index is 1.30. The normalized spacial score (nSPS) is 17.1. The molecule has 1 N–H and O–H groups in total. The second kappa shape index (κ2) is 10.3. The summed E-state index contributed by atoms with van der Waals surface area (Å²) in [5.41, 5.74) is 1.93. The Morgan fingerprint density at radius 2 is 1.81 bits per heavy atom. The third kappa shape index (κ3) is 5.87. The van der Waals surface area contributed by atoms with Crippen molar-refractivity contribution >= 4 is 26.7 Å². The zero-order valence-corrected chi connectivity index (χ0v) is 22.0. The van der Waals surface area contributed by atoms with E-state index in [1.165, 1.54) is 10.6 Å². The van der Waals surface area contributed by atoms with E-state index in [1.54, 1.807) is 29.0 Å². The fraction of sp³-hybridized carbons (Fsp3) is 0.407. The van der Waals surface area contributed by atoms with Crippen molar-refractivity contribution in [3.05, 3.63) is 70.1 Å². The molecule has 0 spiro atoms. The van der Waals surface area contributed by atoms with Crippen molar-refractivity contribution in [1.29, 1.82) is 0 Å². The number of sulfonamides is 1. The summed E-state index contributed by atoms with van der Waals surface area (Å²) in [4.78, 5) is 28.2. The Morgan fingerprint density at radius 1 is 1.05 bits per heavy atom. The smallest absolute Gasteiger partial charge is 0.263 e. The van der Waals surface area contributed by atoms with Gasteiger partial charge in [0.25, 0.3) is 11.5 Å². The minimum absolute atomic E-state index is 0.119. The number of aryl methyl sites for hydroxylation is 1. The van der Waals surface area contributed by atoms with E-state index in [1.807, 2.05) is 31.2 Å². The summed E-state index contributed by atoms with van der Waals surface area (Å²) in [6.07, 6.45) is 5.01. The molecule has 0 unspecified atom stereocenters. The van der Waals surface area contributed by atoms with E-state index in [0.29, 0.717) is 61.7 Å². The molecule has 1 aromatic heterocycles. The lowest BCUT2D eigenvalue weighted by atomic mass is 10.1. The quantitative estimate of drug-likeness (QED) is 0.485. The average Bonchev–Trinajstić information content (AvgIpc) is 3.69. The molecule has 1 saturated heterocycles. The number of hydrogen-bond donors (Lipinski definition) is 1. The van der Waals surface area contributed by atoms with Crippen molar-refractivity contribution in [3.63, 3.8) is 0 Å². The highest BCUT2D eigenvalue weighted by Crippen LogP contribution is 2.22. The van der Waals surface area contributed by atoms with E-state index < -0.39 is 10.0 Å². The van der Waals surface area contributed by atoms with Crippen molar-refractivity contribution in [2.45, 2.75) is 25.8 Å². The summed E-state index contributed by atoms with van der Waals surface area (Å²) in [5, 5.41) is 4.34. The molecule has 0 bridgehead atoms. The Labute approximate surface area is 216 Å². The van der Waals surface area contributed by atoms with Crippen LogP contribution in [0.5, 0.6) is 5.75 Å². The molecule has 196 valence electrons. The number of pyridine rings is 1. The first kappa shape index (κ1) is 25.4. The molecule has 37 heavy (non-hydrogen) atoms. The third-order valence-electron chi connectivity index (χ3n) is 7.00. The molecule has 2 aromatic carbocycles. The number of benzene rings is 2. The van der Waals surface area contributed by atoms with Gasteiger partial charge in [-0.05, 0) is 61.0 Å². The summed E-state index contributed by atoms with van der Waals surface area (Å²) in [7, 11) is -3.15. The van der Waals surface area contributed by atoms with Gasteiger partial charge in [0.1, 0.15) is 12.4 Å². The lowest BCUT2D eigenvalue weighted by Crippen LogP contribution is -2.49. The highest BCUT2D eigenvalue weighted by Gasteiger charge is 2.24. The van der Waals surface area contributed by atoms with Crippen LogP contribution in [0, 0.1) is 6.92 Å². The van der Waals surface area contributed by atoms with Crippen molar-refractivity contribution in [2.75, 3.05) is 45.6 Å². The predicted molar refractivity (Wildman–Crippen MR) is 143 cm³/mol. The molecule has 1 saturated carbocycles. The SMILES string of the molecule is Cc1ccc(C(=O)NC2CC2)cc1-n1ccc2ccc(OCCN3CCN(S(C)(=O)=O)CC3)cc2c1=O. The Bertz CT molecular complexity index is 1490. The molecule has 2 heterocycles. The van der Waals surface area contributed by atoms with Gasteiger partial charge in [0, 0.05) is 50.5 Å². The molecule has 3 aromatic rings. The number of carbonyl (C=O) groups is 1. The molecule has 5 rings (SSSR count). The minimum atomic E-state index is -3.15. The first-order chi connectivity index (χ1) is 17.7. The average molecular weight is 525 g/mol. The summed E-state index contributed by atoms with van der Waals surface area (Å²) in [5.74, 6) is 0.484. The fourth-order valence-electron chi connectivity index (χ4n) is 4.58. The van der Waals surface area contributed by atoms with Crippen molar-refractivity contribution < 1.29 is 17.9 Å². The van der Waals surface area contributed by atoms with Gasteiger partial charge in [-0.2, -0.15) is 4.31 Å². The highest BCUT2D eigenvalue weighted by atomic mass is 32.2. The number of hydrogen-bond acceptors (Lipinski definition) is 6. The van der Waals surface area contributed by atoms with Gasteiger partial charge in [-0.25, -0.2) is 8.42 Å². The summed E-state index contributed by atoms with van der Waals surface area (Å²) in [6.45, 7) is 5.32. The maximum atomic E-state index is 13.5. The van der Waals surface area contributed by atoms with Crippen LogP contribution in [0.4, 0.5) is 0 Å². The number of carbonyl (C=O) groups excluding carboxylic acids is 1. The minimum Gasteiger partial charge on any atom is -0.492 e. The Hall–Kier alpha value is -3.21. The van der Waals surface area contributed by atoms with Gasteiger partial charge in [-0.15, -0.1) is 0 Å². The molecular formula is C27H32N4O5S. The van der Waals surface area contributed by atoms with Gasteiger partial charge in [0.05, 0.1) is 17.3 Å². The van der Waals surface area contributed by atoms with Gasteiger partial charge in [-0.1, -0.05) is 12.1 Å². The zero-order chi connectivity index (χ0) is 26.2. The first-order valence-corrected chi connectivity index (χ1v) is 14.4. The number of ether oxygens (including phenoxy) is 1. The fourth-order valence-corrected chi connectivity index (χ4v) is 5.41. The van der Waals surface area contributed by atoms with Crippen LogP contribution in [0.3, 0.4) is 0 Å². The van der Waals surface area contributed by atoms with Crippen LogP contribution in [-0.2, 0) is 10.0 Å². The Morgan fingerprint density at radius 3 is 2.51 bits per heavy atom. The second-order valence-electron chi connectivity index (χ2n) is 9.84. The lowest BCUT2D eigenvalue weighted by molar-refractivity contribution is 0.0951. The van der Waals surface area contributed by atoms with E-state index in [0.717, 1.165) is 23.8 Å². The van der Waals surface area contributed by atoms with Gasteiger partial charge < -0.3 is 10.1 Å². The van der Waals surface area contributed by atoms with Crippen LogP contribution in [0.25, 0.3) is 16.5 Å². The van der Waals surface area contributed by atoms with E-state index in [4.69, 9.17) is 4.74 Å². The molecule has 2 fully saturated rings. The maximum absolute atomic E-state index is 13.5. The summed E-state index contributed by atoms with van der Waals surface area (Å²) in [6, 6.07) is 13.0. The zero-order valence-electron chi connectivity index (χ0n) is 21.1. The van der Waals surface area contributed by atoms with Crippen LogP contribution in [0.1, 0.15) is 28.8 Å². The van der Waals surface area contributed by atoms with Gasteiger partial charge >= 0.3 is 0 Å². The molecule has 1 aliphatic heterocycles. The van der Waals surface area contributed by atoms with Crippen LogP contribution >= 0.6 is 0 Å². The molecule has 10 heteroatoms. The van der Waals surface area contributed by atoms with Crippen LogP contribution < -0.4 is 15.6 Å². The molecular weight excluding hydrogens is 492 g/mol. The monoisotopic (exact) mass is 524 g/mol. The van der Waals surface area contributed by atoms with Gasteiger partial charge in [0.2, 0.25) is 10.0 Å². The summed E-state index contributed by atoms with van der Waals surface area (Å²) >= 11 is 0. The second-order valence-corrected chi connectivity index (χ2v) is 11.8. The van der Waals surface area contributed by atoms with Crippen molar-refractivity contribution in [3.8, 4) is 11.4 Å². The standard InChI is InChI=1S/C27H32N4O5S/c1-19-3-4-21(26(32)28-22-6-7-22)17-25(19)31-10-9-20-5-8-23(18-24(20)27(31)33)36-16-15-29-11-13-30(14-12-29)37(2,34)35/h3-5,8-10,17-18,22H,6-7,11-16H2,1-2H3,(H,28,32). The summed E-state index contributed by atoms with van der Waals surface area (Å²) < 4.78 is 32.4. The highest BCUT2D eigenvalue weighted by molar-refractivity contribution is 7.88. The molecule has 0 atom stereocenters. The maximum Gasteiger partial charge on any atom is 0.263 e. The van der Waals surface area contributed by atoms with Gasteiger partial charge in [-0.3, -0.25) is 19.1 Å². The molecule has 1 aliphatic carbocycles. The first-order valence-electron chi connectivity index (χ1n) is 12.6. The largest absolute Gasteiger partial charge is 0.492 e. The Kier molecular flexibility index (Phi) is 7.06. The van der Waals surface area contributed by atoms with Gasteiger partial charge in [0.15, 0.2) is 0 Å². The number of fused-ring (bicyclic) bond motifs is 1. The number of nitrogens with zero attached hydrogens (tertiary/aromatic N) is 3. The van der Waals surface area contributed by atoms with E-state index >= 15 is 0 Å². The van der Waals surface area contributed by atoms with E-state index in [9.17, 15) is 18.0 Å². The number of nitrogens with one attached hydrogen (secondary N) is 1. The van der Waals surface area contributed by atoms with Crippen molar-refractivity contribution in [2.24, 2.45) is 0 Å². The number of amides is 1. The number of rotatable bonds is 8. The number of aromatic nitrogens is 1. The topological polar surface area (TPSA) is 101 Å². The molecule has 9 nitrogen and oxygen atoms in total. The molecule has 0 radical (unpaired) electrons. The van der Waals surface area contributed by atoms with Crippen LogP contribution in [0.2, 0.25) is 0 Å². The van der Waals surface area contributed by atoms with Crippen molar-refractivity contribution in [1.82, 2.24) is 19.1 Å². The van der Waals surface area contributed by atoms with Crippen LogP contribution in [-0.4, -0.2) is 79.7 Å². The predicted octanol–water partition coefficient (Wildman–Crippen LogP) is 2.15. The van der Waals surface area contributed by atoms with E-state index in [2.05, 4.69) is 10.2 Å². The number of piperazine rings is 1. The lowest BCUT2D eigenvalue weighted by Gasteiger charge is -2.33.